The van der Waals surface area contributed by atoms with Gasteiger partial charge in [-0.2, -0.15) is 0 Å². The number of carbonyl (C=O) groups is 1. The Balaban J connectivity index is 1.99. The summed E-state index contributed by atoms with van der Waals surface area (Å²) < 4.78 is 0. The van der Waals surface area contributed by atoms with Crippen molar-refractivity contribution >= 4 is 23.2 Å². The van der Waals surface area contributed by atoms with Crippen LogP contribution in [0, 0.1) is 6.92 Å². The summed E-state index contributed by atoms with van der Waals surface area (Å²) in [5.41, 5.74) is 8.44. The fraction of sp³-hybridized carbons (Fsp3) is 0.278. The standard InChI is InChI=1S/C18H22ClN3O/c1-14-16(19)8-5-9-17(14)21-18(23)13-22(11-10-20)12-15-6-3-2-4-7-15/h2-9H,10-13,20H2,1H3,(H,21,23). The third-order valence-corrected chi connectivity index (χ3v) is 4.01. The van der Waals surface area contributed by atoms with Crippen molar-refractivity contribution < 1.29 is 4.79 Å². The molecule has 1 amide bonds. The number of rotatable bonds is 7. The van der Waals surface area contributed by atoms with Crippen molar-refractivity contribution in [3.8, 4) is 0 Å². The highest BCUT2D eigenvalue weighted by Gasteiger charge is 2.12. The highest BCUT2D eigenvalue weighted by Crippen LogP contribution is 2.22. The number of amides is 1. The van der Waals surface area contributed by atoms with Crippen LogP contribution in [0.25, 0.3) is 0 Å². The minimum Gasteiger partial charge on any atom is -0.329 e. The van der Waals surface area contributed by atoms with Gasteiger partial charge >= 0.3 is 0 Å². The van der Waals surface area contributed by atoms with Crippen LogP contribution in [-0.2, 0) is 11.3 Å². The average molecular weight is 332 g/mol. The highest BCUT2D eigenvalue weighted by atomic mass is 35.5. The minimum absolute atomic E-state index is 0.0697. The third kappa shape index (κ3) is 5.36. The van der Waals surface area contributed by atoms with Gasteiger partial charge in [-0.05, 0) is 30.2 Å². The lowest BCUT2D eigenvalue weighted by Gasteiger charge is -2.21. The molecule has 0 saturated carbocycles. The van der Waals surface area contributed by atoms with E-state index >= 15 is 0 Å². The quantitative estimate of drug-likeness (QED) is 0.819. The summed E-state index contributed by atoms with van der Waals surface area (Å²) in [7, 11) is 0. The maximum Gasteiger partial charge on any atom is 0.238 e. The van der Waals surface area contributed by atoms with Crippen LogP contribution < -0.4 is 11.1 Å². The molecule has 2 aromatic carbocycles. The molecule has 3 N–H and O–H groups in total. The van der Waals surface area contributed by atoms with E-state index in [1.165, 1.54) is 0 Å². The van der Waals surface area contributed by atoms with Crippen molar-refractivity contribution in [2.24, 2.45) is 5.73 Å². The molecule has 0 unspecified atom stereocenters. The van der Waals surface area contributed by atoms with Gasteiger partial charge in [0.25, 0.3) is 0 Å². The lowest BCUT2D eigenvalue weighted by atomic mass is 10.2. The van der Waals surface area contributed by atoms with Gasteiger partial charge in [0.05, 0.1) is 6.54 Å². The van der Waals surface area contributed by atoms with Crippen molar-refractivity contribution in [2.45, 2.75) is 13.5 Å². The average Bonchev–Trinajstić information content (AvgIpc) is 2.53. The molecule has 23 heavy (non-hydrogen) atoms. The molecule has 122 valence electrons. The first kappa shape index (κ1) is 17.5. The number of carbonyl (C=O) groups excluding carboxylic acids is 1. The first-order chi connectivity index (χ1) is 11.1. The number of nitrogens with one attached hydrogen (secondary N) is 1. The molecule has 0 aliphatic carbocycles. The zero-order chi connectivity index (χ0) is 16.7. The van der Waals surface area contributed by atoms with Crippen LogP contribution in [-0.4, -0.2) is 30.4 Å². The lowest BCUT2D eigenvalue weighted by Crippen LogP contribution is -2.36. The maximum atomic E-state index is 12.3. The van der Waals surface area contributed by atoms with Crippen LogP contribution in [0.2, 0.25) is 5.02 Å². The zero-order valence-electron chi connectivity index (χ0n) is 13.3. The monoisotopic (exact) mass is 331 g/mol. The van der Waals surface area contributed by atoms with E-state index in [1.54, 1.807) is 0 Å². The number of nitrogens with two attached hydrogens (primary N) is 1. The fourth-order valence-corrected chi connectivity index (χ4v) is 2.55. The first-order valence-electron chi connectivity index (χ1n) is 7.61. The molecule has 4 nitrogen and oxygen atoms in total. The molecule has 0 aliphatic rings. The van der Waals surface area contributed by atoms with Gasteiger partial charge in [-0.15, -0.1) is 0 Å². The van der Waals surface area contributed by atoms with Crippen molar-refractivity contribution in [2.75, 3.05) is 25.0 Å². The number of benzene rings is 2. The van der Waals surface area contributed by atoms with E-state index < -0.39 is 0 Å². The van der Waals surface area contributed by atoms with Gasteiger partial charge in [0.2, 0.25) is 5.91 Å². The predicted octanol–water partition coefficient (Wildman–Crippen LogP) is 3.05. The molecule has 0 radical (unpaired) electrons. The Hall–Kier alpha value is -1.88. The Morgan fingerprint density at radius 1 is 1.17 bits per heavy atom. The molecule has 0 fully saturated rings. The topological polar surface area (TPSA) is 58.4 Å². The van der Waals surface area contributed by atoms with Gasteiger partial charge in [-0.25, -0.2) is 0 Å². The number of anilines is 1. The van der Waals surface area contributed by atoms with Crippen LogP contribution in [0.1, 0.15) is 11.1 Å². The summed E-state index contributed by atoms with van der Waals surface area (Å²) in [6.07, 6.45) is 0. The first-order valence-corrected chi connectivity index (χ1v) is 7.99. The molecule has 0 aliphatic heterocycles. The molecule has 2 aromatic rings. The van der Waals surface area contributed by atoms with Crippen molar-refractivity contribution in [3.05, 3.63) is 64.7 Å². The summed E-state index contributed by atoms with van der Waals surface area (Å²) in [5, 5.41) is 3.56. The molecule has 0 heterocycles. The third-order valence-electron chi connectivity index (χ3n) is 3.60. The molecule has 2 rings (SSSR count). The SMILES string of the molecule is Cc1c(Cl)cccc1NC(=O)CN(CCN)Cc1ccccc1. The Morgan fingerprint density at radius 3 is 2.61 bits per heavy atom. The molecule has 0 atom stereocenters. The molecule has 0 aromatic heterocycles. The van der Waals surface area contributed by atoms with Gasteiger partial charge in [-0.3, -0.25) is 9.69 Å². The summed E-state index contributed by atoms with van der Waals surface area (Å²) in [4.78, 5) is 14.3. The van der Waals surface area contributed by atoms with Crippen LogP contribution in [0.3, 0.4) is 0 Å². The molecule has 0 bridgehead atoms. The number of hydrogen-bond donors (Lipinski definition) is 2. The smallest absolute Gasteiger partial charge is 0.238 e. The molecule has 0 saturated heterocycles. The summed E-state index contributed by atoms with van der Waals surface area (Å²) in [6.45, 7) is 4.05. The lowest BCUT2D eigenvalue weighted by molar-refractivity contribution is -0.117. The van der Waals surface area contributed by atoms with E-state index in [0.29, 0.717) is 24.7 Å². The van der Waals surface area contributed by atoms with Crippen molar-refractivity contribution in [1.29, 1.82) is 0 Å². The van der Waals surface area contributed by atoms with Crippen LogP contribution >= 0.6 is 11.6 Å². The summed E-state index contributed by atoms with van der Waals surface area (Å²) in [6, 6.07) is 15.5. The van der Waals surface area contributed by atoms with E-state index in [0.717, 1.165) is 16.8 Å². The molecule has 5 heteroatoms. The van der Waals surface area contributed by atoms with E-state index in [9.17, 15) is 4.79 Å². The summed E-state index contributed by atoms with van der Waals surface area (Å²) >= 11 is 6.08. The number of nitrogens with zero attached hydrogens (tertiary/aromatic N) is 1. The zero-order valence-corrected chi connectivity index (χ0v) is 14.0. The largest absolute Gasteiger partial charge is 0.329 e. The van der Waals surface area contributed by atoms with Crippen LogP contribution in [0.4, 0.5) is 5.69 Å². The van der Waals surface area contributed by atoms with Crippen LogP contribution in [0.5, 0.6) is 0 Å². The van der Waals surface area contributed by atoms with Crippen molar-refractivity contribution in [3.63, 3.8) is 0 Å². The van der Waals surface area contributed by atoms with Gasteiger partial charge < -0.3 is 11.1 Å². The van der Waals surface area contributed by atoms with Crippen LogP contribution in [0.15, 0.2) is 48.5 Å². The van der Waals surface area contributed by atoms with E-state index in [-0.39, 0.29) is 12.5 Å². The van der Waals surface area contributed by atoms with Gasteiger partial charge in [0.1, 0.15) is 0 Å². The Bertz CT molecular complexity index is 646. The normalized spacial score (nSPS) is 10.8. The second-order valence-electron chi connectivity index (χ2n) is 5.45. The Labute approximate surface area is 142 Å². The number of hydrogen-bond acceptors (Lipinski definition) is 3. The Morgan fingerprint density at radius 2 is 1.91 bits per heavy atom. The number of halogens is 1. The second-order valence-corrected chi connectivity index (χ2v) is 5.85. The fourth-order valence-electron chi connectivity index (χ4n) is 2.37. The highest BCUT2D eigenvalue weighted by molar-refractivity contribution is 6.31. The van der Waals surface area contributed by atoms with E-state index in [2.05, 4.69) is 5.32 Å². The predicted molar refractivity (Wildman–Crippen MR) is 95.6 cm³/mol. The second kappa shape index (κ2) is 8.67. The molecular weight excluding hydrogens is 310 g/mol. The maximum absolute atomic E-state index is 12.3. The van der Waals surface area contributed by atoms with Crippen molar-refractivity contribution in [1.82, 2.24) is 4.90 Å². The minimum atomic E-state index is -0.0697. The van der Waals surface area contributed by atoms with Gasteiger partial charge in [0, 0.05) is 30.3 Å². The molecule has 0 spiro atoms. The van der Waals surface area contributed by atoms with E-state index in [1.807, 2.05) is 60.4 Å². The molecular formula is C18H22ClN3O. The van der Waals surface area contributed by atoms with Gasteiger partial charge in [0.15, 0.2) is 0 Å². The van der Waals surface area contributed by atoms with E-state index in [4.69, 9.17) is 17.3 Å². The van der Waals surface area contributed by atoms with Gasteiger partial charge in [-0.1, -0.05) is 48.0 Å². The summed E-state index contributed by atoms with van der Waals surface area (Å²) in [5.74, 6) is -0.0697. The Kier molecular flexibility index (Phi) is 6.59.